The Kier molecular flexibility index (Phi) is 3.40. The molecule has 2 aliphatic carbocycles. The van der Waals surface area contributed by atoms with Gasteiger partial charge in [0.15, 0.2) is 0 Å². The molecule has 0 amide bonds. The molecule has 1 saturated heterocycles. The van der Waals surface area contributed by atoms with Crippen LogP contribution in [0.1, 0.15) is 39.2 Å². The van der Waals surface area contributed by atoms with E-state index in [1.165, 1.54) is 6.07 Å². The highest BCUT2D eigenvalue weighted by atomic mass is 16.4. The van der Waals surface area contributed by atoms with Gasteiger partial charge in [-0.2, -0.15) is 0 Å². The number of likely N-dealkylation sites (tertiary alicyclic amines) is 1. The van der Waals surface area contributed by atoms with E-state index in [9.17, 15) is 24.9 Å². The highest BCUT2D eigenvalue weighted by Crippen LogP contribution is 2.56. The Bertz CT molecular complexity index is 1080. The molecule has 1 fully saturated rings. The van der Waals surface area contributed by atoms with Gasteiger partial charge in [0.25, 0.3) is 5.56 Å². The molecule has 1 aromatic carbocycles. The Hall–Kier alpha value is -2.64. The zero-order valence-electron chi connectivity index (χ0n) is 15.5. The summed E-state index contributed by atoms with van der Waals surface area (Å²) in [5.41, 5.74) is 0.743. The molecule has 3 aliphatic rings. The first kappa shape index (κ1) is 17.5. The maximum absolute atomic E-state index is 12.2. The smallest absolute Gasteiger partial charge is 0.341 e. The van der Waals surface area contributed by atoms with Gasteiger partial charge in [-0.1, -0.05) is 6.07 Å². The Labute approximate surface area is 161 Å². The lowest BCUT2D eigenvalue weighted by molar-refractivity contribution is -0.145. The fourth-order valence-corrected chi connectivity index (χ4v) is 5.81. The van der Waals surface area contributed by atoms with Gasteiger partial charge >= 0.3 is 5.97 Å². The van der Waals surface area contributed by atoms with Crippen molar-refractivity contribution in [1.82, 2.24) is 9.88 Å². The summed E-state index contributed by atoms with van der Waals surface area (Å²) >= 11 is 0. The molecule has 7 heteroatoms. The van der Waals surface area contributed by atoms with Crippen molar-refractivity contribution in [2.24, 2.45) is 0 Å². The molecular weight excluding hydrogens is 360 g/mol. The van der Waals surface area contributed by atoms with Crippen LogP contribution in [0.4, 0.5) is 0 Å². The number of carbonyl (C=O) groups is 1. The van der Waals surface area contributed by atoms with Crippen molar-refractivity contribution in [3.05, 3.63) is 62.6 Å². The maximum Gasteiger partial charge on any atom is 0.341 e. The Morgan fingerprint density at radius 2 is 2.04 bits per heavy atom. The third-order valence-electron chi connectivity index (χ3n) is 7.21. The summed E-state index contributed by atoms with van der Waals surface area (Å²) in [6.45, 7) is 0.800. The molecule has 1 aromatic heterocycles. The molecule has 0 saturated carbocycles. The molecule has 0 spiro atoms. The number of phenols is 1. The molecule has 1 aliphatic heterocycles. The van der Waals surface area contributed by atoms with Crippen molar-refractivity contribution < 1.29 is 20.1 Å². The average Bonchev–Trinajstić information content (AvgIpc) is 2.63. The zero-order chi connectivity index (χ0) is 19.8. The quantitative estimate of drug-likeness (QED) is 0.580. The predicted molar refractivity (Wildman–Crippen MR) is 101 cm³/mol. The van der Waals surface area contributed by atoms with Crippen LogP contribution in [0.3, 0.4) is 0 Å². The van der Waals surface area contributed by atoms with Gasteiger partial charge in [0.1, 0.15) is 11.3 Å². The SMILES string of the molecule is CN1CCC23Cc4[nH]c(=O)c(C(=O)O)cc4C[C@@]2(O)[C@H]1Cc1ccc(O)cc13. The lowest BCUT2D eigenvalue weighted by atomic mass is 9.49. The van der Waals surface area contributed by atoms with Gasteiger partial charge in [-0.15, -0.1) is 0 Å². The molecule has 4 N–H and O–H groups in total. The summed E-state index contributed by atoms with van der Waals surface area (Å²) in [4.78, 5) is 28.6. The molecule has 1 unspecified atom stereocenters. The lowest BCUT2D eigenvalue weighted by Crippen LogP contribution is -2.73. The first-order valence-electron chi connectivity index (χ1n) is 9.48. The number of likely N-dealkylation sites (N-methyl/N-ethyl adjacent to an activating group) is 1. The minimum absolute atomic E-state index is 0.119. The molecular formula is C21H22N2O5. The van der Waals surface area contributed by atoms with Crippen molar-refractivity contribution in [3.63, 3.8) is 0 Å². The van der Waals surface area contributed by atoms with E-state index in [0.717, 1.165) is 17.7 Å². The average molecular weight is 382 g/mol. The maximum atomic E-state index is 12.2. The minimum atomic E-state index is -1.27. The lowest BCUT2D eigenvalue weighted by Gasteiger charge is -2.63. The number of phenolic OH excluding ortho intramolecular Hbond substituents is 1. The van der Waals surface area contributed by atoms with E-state index >= 15 is 0 Å². The van der Waals surface area contributed by atoms with Crippen molar-refractivity contribution in [3.8, 4) is 5.75 Å². The molecule has 0 radical (unpaired) electrons. The first-order valence-corrected chi connectivity index (χ1v) is 9.48. The number of carboxylic acid groups (broad SMARTS) is 1. The highest BCUT2D eigenvalue weighted by Gasteiger charge is 2.64. The number of aromatic carboxylic acids is 1. The second-order valence-electron chi connectivity index (χ2n) is 8.47. The van der Waals surface area contributed by atoms with Crippen LogP contribution >= 0.6 is 0 Å². The van der Waals surface area contributed by atoms with E-state index in [1.807, 2.05) is 13.1 Å². The fraction of sp³-hybridized carbons (Fsp3) is 0.429. The van der Waals surface area contributed by atoms with Crippen LogP contribution in [0, 0.1) is 0 Å². The van der Waals surface area contributed by atoms with Gasteiger partial charge in [-0.3, -0.25) is 4.79 Å². The van der Waals surface area contributed by atoms with E-state index in [1.54, 1.807) is 12.1 Å². The molecule has 2 bridgehead atoms. The highest BCUT2D eigenvalue weighted by molar-refractivity contribution is 5.87. The van der Waals surface area contributed by atoms with Gasteiger partial charge in [0.05, 0.1) is 5.60 Å². The van der Waals surface area contributed by atoms with Crippen molar-refractivity contribution in [2.75, 3.05) is 13.6 Å². The summed E-state index contributed by atoms with van der Waals surface area (Å²) in [5.74, 6) is -1.11. The number of benzene rings is 1. The number of aromatic nitrogens is 1. The van der Waals surface area contributed by atoms with Crippen molar-refractivity contribution in [2.45, 2.75) is 42.7 Å². The number of H-pyrrole nitrogens is 1. The van der Waals surface area contributed by atoms with E-state index in [0.29, 0.717) is 30.5 Å². The van der Waals surface area contributed by atoms with Crippen molar-refractivity contribution in [1.29, 1.82) is 0 Å². The number of aliphatic hydroxyl groups is 1. The van der Waals surface area contributed by atoms with Crippen LogP contribution in [0.5, 0.6) is 5.75 Å². The standard InChI is InChI=1S/C21H22N2O5/c1-23-5-4-20-10-16-12(6-14(19(26)27)18(25)22-16)9-21(20,28)17(23)7-11-2-3-13(24)8-15(11)20/h2-3,6,8,17,24,28H,4-5,7,9-10H2,1H3,(H,22,25)(H,26,27)/t17-,20?,21-/m1/s1. The Morgan fingerprint density at radius 3 is 2.79 bits per heavy atom. The molecule has 146 valence electrons. The summed E-state index contributed by atoms with van der Waals surface area (Å²) in [5, 5.41) is 31.5. The van der Waals surface area contributed by atoms with Crippen LogP contribution in [0.2, 0.25) is 0 Å². The third-order valence-corrected chi connectivity index (χ3v) is 7.21. The van der Waals surface area contributed by atoms with Gasteiger partial charge in [0, 0.05) is 30.0 Å². The molecule has 7 nitrogen and oxygen atoms in total. The monoisotopic (exact) mass is 382 g/mol. The molecule has 2 aromatic rings. The number of hydrogen-bond donors (Lipinski definition) is 4. The number of carboxylic acids is 1. The number of hydrogen-bond acceptors (Lipinski definition) is 5. The number of pyridine rings is 1. The fourth-order valence-electron chi connectivity index (χ4n) is 5.81. The van der Waals surface area contributed by atoms with E-state index in [2.05, 4.69) is 9.88 Å². The number of nitrogens with zero attached hydrogens (tertiary/aromatic N) is 1. The van der Waals surface area contributed by atoms with Gasteiger partial charge in [-0.05, 0) is 61.3 Å². The van der Waals surface area contributed by atoms with Crippen molar-refractivity contribution >= 4 is 5.97 Å². The number of rotatable bonds is 1. The predicted octanol–water partition coefficient (Wildman–Crippen LogP) is 0.807. The largest absolute Gasteiger partial charge is 0.508 e. The van der Waals surface area contributed by atoms with E-state index in [-0.39, 0.29) is 23.8 Å². The summed E-state index contributed by atoms with van der Waals surface area (Å²) < 4.78 is 0. The minimum Gasteiger partial charge on any atom is -0.508 e. The zero-order valence-corrected chi connectivity index (χ0v) is 15.5. The Morgan fingerprint density at radius 1 is 1.25 bits per heavy atom. The van der Waals surface area contributed by atoms with Crippen LogP contribution in [0.15, 0.2) is 29.1 Å². The first-order chi connectivity index (χ1) is 13.2. The van der Waals surface area contributed by atoms with E-state index in [4.69, 9.17) is 0 Å². The Balaban J connectivity index is 1.77. The van der Waals surface area contributed by atoms with Crippen LogP contribution in [-0.2, 0) is 24.7 Å². The van der Waals surface area contributed by atoms with Crippen LogP contribution in [-0.4, -0.2) is 56.4 Å². The van der Waals surface area contributed by atoms with Crippen LogP contribution in [0.25, 0.3) is 0 Å². The molecule has 3 atom stereocenters. The third kappa shape index (κ3) is 2.06. The summed E-state index contributed by atoms with van der Waals surface area (Å²) in [7, 11) is 2.00. The normalized spacial score (nSPS) is 30.9. The molecule has 2 heterocycles. The van der Waals surface area contributed by atoms with E-state index < -0.39 is 22.5 Å². The number of fused-ring (bicyclic) bond motifs is 2. The number of aromatic amines is 1. The van der Waals surface area contributed by atoms with Gasteiger partial charge in [-0.25, -0.2) is 4.79 Å². The summed E-state index contributed by atoms with van der Waals surface area (Å²) in [6, 6.07) is 6.63. The molecule has 5 rings (SSSR count). The number of nitrogens with one attached hydrogen (secondary N) is 1. The van der Waals surface area contributed by atoms with Crippen LogP contribution < -0.4 is 5.56 Å². The summed E-state index contributed by atoms with van der Waals surface area (Å²) in [6.07, 6.45) is 2.03. The number of piperidine rings is 1. The second kappa shape index (κ2) is 5.46. The topological polar surface area (TPSA) is 114 Å². The molecule has 28 heavy (non-hydrogen) atoms. The van der Waals surface area contributed by atoms with Gasteiger partial charge < -0.3 is 25.2 Å². The second-order valence-corrected chi connectivity index (χ2v) is 8.47. The van der Waals surface area contributed by atoms with Gasteiger partial charge in [0.2, 0.25) is 0 Å². The number of aromatic hydroxyl groups is 1.